The fraction of sp³-hybridized carbons (Fsp3) is 0.300. The molecule has 17 heavy (non-hydrogen) atoms. The molecule has 0 aliphatic carbocycles. The summed E-state index contributed by atoms with van der Waals surface area (Å²) in [6, 6.07) is 2.75. The number of hydrogen-bond acceptors (Lipinski definition) is 6. The summed E-state index contributed by atoms with van der Waals surface area (Å²) in [6.07, 6.45) is 1.24. The second kappa shape index (κ2) is 4.28. The highest BCUT2D eigenvalue weighted by atomic mass is 16.6. The van der Waals surface area contributed by atoms with Crippen molar-refractivity contribution in [2.24, 2.45) is 0 Å². The zero-order valence-corrected chi connectivity index (χ0v) is 8.66. The smallest absolute Gasteiger partial charge is 0.314 e. The highest BCUT2D eigenvalue weighted by Gasteiger charge is 2.29. The number of hydrogen-bond donors (Lipinski definition) is 0. The van der Waals surface area contributed by atoms with Crippen LogP contribution in [0.4, 0.5) is 5.69 Å². The summed E-state index contributed by atoms with van der Waals surface area (Å²) < 4.78 is 4.39. The van der Waals surface area contributed by atoms with Gasteiger partial charge < -0.3 is 4.74 Å². The Kier molecular flexibility index (Phi) is 2.82. The molecular formula is C10H8N2O5. The quantitative estimate of drug-likeness (QED) is 0.328. The molecule has 1 aliphatic heterocycles. The zero-order chi connectivity index (χ0) is 12.4. The van der Waals surface area contributed by atoms with Crippen LogP contribution in [-0.4, -0.2) is 21.8 Å². The van der Waals surface area contributed by atoms with Gasteiger partial charge in [-0.1, -0.05) is 0 Å². The third kappa shape index (κ3) is 2.44. The first-order valence-corrected chi connectivity index (χ1v) is 4.90. The summed E-state index contributed by atoms with van der Waals surface area (Å²) in [5.41, 5.74) is 0.360. The van der Waals surface area contributed by atoms with Gasteiger partial charge in [-0.05, 0) is 6.07 Å². The predicted octanol–water partition coefficient (Wildman–Crippen LogP) is 0.937. The van der Waals surface area contributed by atoms with Gasteiger partial charge in [-0.15, -0.1) is 0 Å². The number of nitro groups is 1. The molecule has 0 aromatic carbocycles. The maximum absolute atomic E-state index is 11.1. The molecule has 0 atom stereocenters. The summed E-state index contributed by atoms with van der Waals surface area (Å²) in [5.74, 6) is -1.54. The average molecular weight is 236 g/mol. The first kappa shape index (κ1) is 11.2. The van der Waals surface area contributed by atoms with Gasteiger partial charge >= 0.3 is 11.9 Å². The number of esters is 2. The van der Waals surface area contributed by atoms with Gasteiger partial charge in [0.15, 0.2) is 0 Å². The number of aromatic nitrogens is 1. The van der Waals surface area contributed by atoms with Gasteiger partial charge in [-0.3, -0.25) is 24.7 Å². The number of rotatable bonds is 2. The summed E-state index contributed by atoms with van der Waals surface area (Å²) in [4.78, 5) is 35.9. The molecule has 1 aliphatic rings. The van der Waals surface area contributed by atoms with E-state index < -0.39 is 16.9 Å². The van der Waals surface area contributed by atoms with E-state index in [-0.39, 0.29) is 24.4 Å². The van der Waals surface area contributed by atoms with Crippen molar-refractivity contribution in [1.82, 2.24) is 4.98 Å². The van der Waals surface area contributed by atoms with Gasteiger partial charge in [0.2, 0.25) is 0 Å². The lowest BCUT2D eigenvalue weighted by molar-refractivity contribution is -0.385. The minimum atomic E-state index is -0.591. The molecule has 7 nitrogen and oxygen atoms in total. The van der Waals surface area contributed by atoms with Crippen LogP contribution in [0.3, 0.4) is 0 Å². The maximum Gasteiger partial charge on any atom is 0.314 e. The monoisotopic (exact) mass is 236 g/mol. The molecule has 0 unspecified atom stereocenters. The van der Waals surface area contributed by atoms with Crippen LogP contribution in [0.25, 0.3) is 0 Å². The van der Waals surface area contributed by atoms with Crippen molar-refractivity contribution < 1.29 is 19.2 Å². The van der Waals surface area contributed by atoms with Gasteiger partial charge in [0, 0.05) is 17.7 Å². The average Bonchev–Trinajstić information content (AvgIpc) is 2.28. The fourth-order valence-electron chi connectivity index (χ4n) is 1.64. The van der Waals surface area contributed by atoms with E-state index >= 15 is 0 Å². The highest BCUT2D eigenvalue weighted by Crippen LogP contribution is 2.27. The second-order valence-electron chi connectivity index (χ2n) is 3.65. The SMILES string of the molecule is O=C1CC(c2ccc([N+](=O)[O-])cn2)CC(=O)O1. The van der Waals surface area contributed by atoms with Crippen molar-refractivity contribution in [3.8, 4) is 0 Å². The van der Waals surface area contributed by atoms with Gasteiger partial charge in [0.25, 0.3) is 5.69 Å². The molecule has 1 aromatic rings. The van der Waals surface area contributed by atoms with Crippen molar-refractivity contribution in [2.45, 2.75) is 18.8 Å². The largest absolute Gasteiger partial charge is 0.393 e. The Labute approximate surface area is 95.6 Å². The first-order chi connectivity index (χ1) is 8.06. The Bertz CT molecular complexity index is 466. The summed E-state index contributed by atoms with van der Waals surface area (Å²) in [6.45, 7) is 0. The van der Waals surface area contributed by atoms with Crippen LogP contribution in [0.5, 0.6) is 0 Å². The Morgan fingerprint density at radius 3 is 2.41 bits per heavy atom. The topological polar surface area (TPSA) is 99.4 Å². The standard InChI is InChI=1S/C10H8N2O5/c13-9-3-6(4-10(14)17-9)8-2-1-7(5-11-8)12(15)16/h1-2,5-6H,3-4H2. The number of nitrogens with zero attached hydrogens (tertiary/aromatic N) is 2. The number of pyridine rings is 1. The maximum atomic E-state index is 11.1. The molecule has 1 saturated heterocycles. The summed E-state index contributed by atoms with van der Waals surface area (Å²) in [5, 5.41) is 10.4. The van der Waals surface area contributed by atoms with E-state index in [1.54, 1.807) is 0 Å². The van der Waals surface area contributed by atoms with Crippen LogP contribution in [0.15, 0.2) is 18.3 Å². The highest BCUT2D eigenvalue weighted by molar-refractivity contribution is 5.89. The molecular weight excluding hydrogens is 228 g/mol. The Morgan fingerprint density at radius 1 is 1.29 bits per heavy atom. The summed E-state index contributed by atoms with van der Waals surface area (Å²) in [7, 11) is 0. The van der Waals surface area contributed by atoms with Crippen LogP contribution in [0.2, 0.25) is 0 Å². The molecule has 0 N–H and O–H groups in total. The Hall–Kier alpha value is -2.31. The number of ether oxygens (including phenoxy) is 1. The molecule has 0 radical (unpaired) electrons. The third-order valence-corrected chi connectivity index (χ3v) is 2.45. The van der Waals surface area contributed by atoms with E-state index in [0.717, 1.165) is 6.20 Å². The lowest BCUT2D eigenvalue weighted by Gasteiger charge is -2.18. The first-order valence-electron chi connectivity index (χ1n) is 4.90. The van der Waals surface area contributed by atoms with Crippen molar-refractivity contribution >= 4 is 17.6 Å². The lowest BCUT2D eigenvalue weighted by Crippen LogP contribution is -2.24. The molecule has 0 bridgehead atoms. The van der Waals surface area contributed by atoms with Gasteiger partial charge in [-0.25, -0.2) is 0 Å². The van der Waals surface area contributed by atoms with Crippen LogP contribution in [-0.2, 0) is 14.3 Å². The normalized spacial score (nSPS) is 16.7. The van der Waals surface area contributed by atoms with Crippen LogP contribution in [0.1, 0.15) is 24.5 Å². The molecule has 2 rings (SSSR count). The molecule has 1 aromatic heterocycles. The number of cyclic esters (lactones) is 2. The minimum absolute atomic E-state index is 0.0660. The molecule has 1 fully saturated rings. The van der Waals surface area contributed by atoms with E-state index in [1.807, 2.05) is 0 Å². The Morgan fingerprint density at radius 2 is 1.94 bits per heavy atom. The zero-order valence-electron chi connectivity index (χ0n) is 8.66. The summed E-state index contributed by atoms with van der Waals surface area (Å²) >= 11 is 0. The molecule has 2 heterocycles. The lowest BCUT2D eigenvalue weighted by atomic mass is 9.95. The minimum Gasteiger partial charge on any atom is -0.393 e. The van der Waals surface area contributed by atoms with E-state index in [0.29, 0.717) is 5.69 Å². The second-order valence-corrected chi connectivity index (χ2v) is 3.65. The molecule has 0 saturated carbocycles. The van der Waals surface area contributed by atoms with Gasteiger partial charge in [-0.2, -0.15) is 0 Å². The van der Waals surface area contributed by atoms with Crippen molar-refractivity contribution in [1.29, 1.82) is 0 Å². The van der Waals surface area contributed by atoms with Gasteiger partial charge in [0.1, 0.15) is 6.20 Å². The van der Waals surface area contributed by atoms with Gasteiger partial charge in [0.05, 0.1) is 17.8 Å². The molecule has 88 valence electrons. The van der Waals surface area contributed by atoms with E-state index in [4.69, 9.17) is 0 Å². The molecule has 0 spiro atoms. The van der Waals surface area contributed by atoms with Crippen molar-refractivity contribution in [3.63, 3.8) is 0 Å². The fourth-order valence-corrected chi connectivity index (χ4v) is 1.64. The number of carbonyl (C=O) groups excluding carboxylic acids is 2. The predicted molar refractivity (Wildman–Crippen MR) is 54.0 cm³/mol. The van der Waals surface area contributed by atoms with E-state index in [2.05, 4.69) is 9.72 Å². The van der Waals surface area contributed by atoms with Crippen molar-refractivity contribution in [2.75, 3.05) is 0 Å². The molecule has 0 amide bonds. The van der Waals surface area contributed by atoms with Crippen LogP contribution >= 0.6 is 0 Å². The van der Waals surface area contributed by atoms with Crippen molar-refractivity contribution in [3.05, 3.63) is 34.1 Å². The molecule has 7 heteroatoms. The van der Waals surface area contributed by atoms with Crippen LogP contribution < -0.4 is 0 Å². The van der Waals surface area contributed by atoms with E-state index in [1.165, 1.54) is 12.1 Å². The number of carbonyl (C=O) groups is 2. The van der Waals surface area contributed by atoms with E-state index in [9.17, 15) is 19.7 Å². The third-order valence-electron chi connectivity index (χ3n) is 2.45. The Balaban J connectivity index is 2.19. The van der Waals surface area contributed by atoms with Crippen LogP contribution in [0, 0.1) is 10.1 Å².